The summed E-state index contributed by atoms with van der Waals surface area (Å²) in [5.41, 5.74) is 2.41. The molecule has 0 N–H and O–H groups in total. The van der Waals surface area contributed by atoms with Crippen molar-refractivity contribution >= 4 is 12.0 Å². The van der Waals surface area contributed by atoms with E-state index in [1.165, 1.54) is 36.8 Å². The van der Waals surface area contributed by atoms with Crippen LogP contribution < -0.4 is 0 Å². The van der Waals surface area contributed by atoms with Crippen LogP contribution in [0, 0.1) is 11.3 Å². The molecule has 0 radical (unpaired) electrons. The maximum Gasteiger partial charge on any atom is 0.312 e. The Hall–Kier alpha value is -1.57. The average molecular weight is 298 g/mol. The lowest BCUT2D eigenvalue weighted by molar-refractivity contribution is -0.156. The van der Waals surface area contributed by atoms with Gasteiger partial charge in [-0.3, -0.25) is 4.79 Å². The SMILES string of the molecule is COC(=O)[C@]12CCCCCC[C@@H]1C/C(=C\c1ccccc1)C2. The molecule has 1 aromatic rings. The highest BCUT2D eigenvalue weighted by Crippen LogP contribution is 2.53. The third-order valence-corrected chi connectivity index (χ3v) is 5.52. The van der Waals surface area contributed by atoms with Crippen LogP contribution in [-0.2, 0) is 9.53 Å². The lowest BCUT2D eigenvalue weighted by atomic mass is 9.70. The summed E-state index contributed by atoms with van der Waals surface area (Å²) in [6.45, 7) is 0. The van der Waals surface area contributed by atoms with Crippen LogP contribution in [-0.4, -0.2) is 13.1 Å². The Labute approximate surface area is 133 Å². The number of fused-ring (bicyclic) bond motifs is 1. The van der Waals surface area contributed by atoms with Crippen molar-refractivity contribution < 1.29 is 9.53 Å². The van der Waals surface area contributed by atoms with E-state index in [1.807, 2.05) is 6.07 Å². The Kier molecular flexibility index (Phi) is 4.66. The molecule has 2 aliphatic rings. The van der Waals surface area contributed by atoms with Crippen molar-refractivity contribution in [2.45, 2.75) is 51.4 Å². The molecular formula is C20H26O2. The predicted octanol–water partition coefficient (Wildman–Crippen LogP) is 4.99. The van der Waals surface area contributed by atoms with Gasteiger partial charge in [-0.05, 0) is 37.2 Å². The van der Waals surface area contributed by atoms with E-state index in [-0.39, 0.29) is 11.4 Å². The predicted molar refractivity (Wildman–Crippen MR) is 89.3 cm³/mol. The molecule has 0 aromatic heterocycles. The van der Waals surface area contributed by atoms with Gasteiger partial charge in [-0.1, -0.05) is 67.7 Å². The third-order valence-electron chi connectivity index (χ3n) is 5.52. The van der Waals surface area contributed by atoms with E-state index >= 15 is 0 Å². The molecule has 2 aliphatic carbocycles. The smallest absolute Gasteiger partial charge is 0.312 e. The van der Waals surface area contributed by atoms with Gasteiger partial charge in [-0.25, -0.2) is 0 Å². The molecule has 2 atom stereocenters. The van der Waals surface area contributed by atoms with Crippen molar-refractivity contribution in [1.29, 1.82) is 0 Å². The van der Waals surface area contributed by atoms with Crippen LogP contribution in [0.4, 0.5) is 0 Å². The molecule has 2 saturated carbocycles. The van der Waals surface area contributed by atoms with Crippen LogP contribution in [0.2, 0.25) is 0 Å². The van der Waals surface area contributed by atoms with Gasteiger partial charge < -0.3 is 4.74 Å². The molecule has 3 rings (SSSR count). The van der Waals surface area contributed by atoms with Crippen LogP contribution in [0.3, 0.4) is 0 Å². The van der Waals surface area contributed by atoms with Crippen molar-refractivity contribution in [2.75, 3.05) is 7.11 Å². The monoisotopic (exact) mass is 298 g/mol. The molecule has 2 heteroatoms. The summed E-state index contributed by atoms with van der Waals surface area (Å²) >= 11 is 0. The molecule has 0 heterocycles. The zero-order chi connectivity index (χ0) is 15.4. The van der Waals surface area contributed by atoms with Crippen LogP contribution in [0.25, 0.3) is 6.08 Å². The second-order valence-corrected chi connectivity index (χ2v) is 6.89. The Morgan fingerprint density at radius 1 is 1.18 bits per heavy atom. The van der Waals surface area contributed by atoms with E-state index in [0.29, 0.717) is 5.92 Å². The van der Waals surface area contributed by atoms with Gasteiger partial charge in [0, 0.05) is 0 Å². The van der Waals surface area contributed by atoms with Crippen molar-refractivity contribution in [1.82, 2.24) is 0 Å². The summed E-state index contributed by atoms with van der Waals surface area (Å²) in [5.74, 6) is 0.492. The second kappa shape index (κ2) is 6.68. The Morgan fingerprint density at radius 2 is 1.95 bits per heavy atom. The molecular weight excluding hydrogens is 272 g/mol. The Bertz CT molecular complexity index is 546. The van der Waals surface area contributed by atoms with Crippen LogP contribution in [0.1, 0.15) is 56.9 Å². The molecule has 22 heavy (non-hydrogen) atoms. The summed E-state index contributed by atoms with van der Waals surface area (Å²) in [5, 5.41) is 0. The first-order chi connectivity index (χ1) is 10.7. The number of allylic oxidation sites excluding steroid dienone is 1. The zero-order valence-corrected chi connectivity index (χ0v) is 13.5. The van der Waals surface area contributed by atoms with Gasteiger partial charge in [0.05, 0.1) is 12.5 Å². The van der Waals surface area contributed by atoms with E-state index in [9.17, 15) is 4.79 Å². The largest absolute Gasteiger partial charge is 0.469 e. The first kappa shape index (κ1) is 15.3. The normalized spacial score (nSPS) is 30.4. The summed E-state index contributed by atoms with van der Waals surface area (Å²) in [4.78, 5) is 12.6. The van der Waals surface area contributed by atoms with E-state index in [1.54, 1.807) is 7.11 Å². The fraction of sp³-hybridized carbons (Fsp3) is 0.550. The minimum atomic E-state index is -0.254. The van der Waals surface area contributed by atoms with Crippen molar-refractivity contribution in [3.8, 4) is 0 Å². The number of esters is 1. The zero-order valence-electron chi connectivity index (χ0n) is 13.5. The average Bonchev–Trinajstić information content (AvgIpc) is 2.85. The van der Waals surface area contributed by atoms with E-state index in [4.69, 9.17) is 4.74 Å². The number of ether oxygens (including phenoxy) is 1. The highest BCUT2D eigenvalue weighted by Gasteiger charge is 2.50. The molecule has 0 bridgehead atoms. The number of carbonyl (C=O) groups is 1. The Balaban J connectivity index is 1.89. The summed E-state index contributed by atoms with van der Waals surface area (Å²) < 4.78 is 5.22. The number of hydrogen-bond acceptors (Lipinski definition) is 2. The molecule has 0 aliphatic heterocycles. The Morgan fingerprint density at radius 3 is 2.73 bits per heavy atom. The molecule has 2 nitrogen and oxygen atoms in total. The van der Waals surface area contributed by atoms with Crippen molar-refractivity contribution in [3.05, 3.63) is 41.5 Å². The quantitative estimate of drug-likeness (QED) is 0.719. The maximum atomic E-state index is 12.6. The van der Waals surface area contributed by atoms with Crippen molar-refractivity contribution in [3.63, 3.8) is 0 Å². The van der Waals surface area contributed by atoms with Gasteiger partial charge in [0.25, 0.3) is 0 Å². The van der Waals surface area contributed by atoms with Gasteiger partial charge >= 0.3 is 5.97 Å². The second-order valence-electron chi connectivity index (χ2n) is 6.89. The topological polar surface area (TPSA) is 26.3 Å². The van der Waals surface area contributed by atoms with Gasteiger partial charge in [-0.2, -0.15) is 0 Å². The number of hydrogen-bond donors (Lipinski definition) is 0. The number of rotatable bonds is 2. The fourth-order valence-corrected chi connectivity index (χ4v) is 4.43. The van der Waals surface area contributed by atoms with Crippen LogP contribution in [0.15, 0.2) is 35.9 Å². The lowest BCUT2D eigenvalue weighted by Crippen LogP contribution is -2.36. The summed E-state index contributed by atoms with van der Waals surface area (Å²) in [7, 11) is 1.55. The fourth-order valence-electron chi connectivity index (χ4n) is 4.43. The van der Waals surface area contributed by atoms with E-state index in [0.717, 1.165) is 25.7 Å². The molecule has 1 aromatic carbocycles. The first-order valence-corrected chi connectivity index (χ1v) is 8.57. The number of carbonyl (C=O) groups excluding carboxylic acids is 1. The minimum absolute atomic E-state index is 0.0239. The van der Waals surface area contributed by atoms with Crippen LogP contribution in [0.5, 0.6) is 0 Å². The third kappa shape index (κ3) is 2.97. The molecule has 2 fully saturated rings. The lowest BCUT2D eigenvalue weighted by Gasteiger charge is -2.34. The first-order valence-electron chi connectivity index (χ1n) is 8.57. The molecule has 0 unspecified atom stereocenters. The molecule has 0 spiro atoms. The van der Waals surface area contributed by atoms with Gasteiger partial charge in [-0.15, -0.1) is 0 Å². The molecule has 0 saturated heterocycles. The minimum Gasteiger partial charge on any atom is -0.469 e. The standard InChI is InChI=1S/C20H26O2/c1-22-19(21)20-12-8-3-2-7-11-18(20)14-17(15-20)13-16-9-5-4-6-10-16/h4-6,9-10,13,18H,2-3,7-8,11-12,14-15H2,1H3/b17-13+/t18-,20+/m1/s1. The van der Waals surface area contributed by atoms with Gasteiger partial charge in [0.1, 0.15) is 0 Å². The summed E-state index contributed by atoms with van der Waals surface area (Å²) in [6.07, 6.45) is 11.4. The maximum absolute atomic E-state index is 12.6. The number of methoxy groups -OCH3 is 1. The highest BCUT2D eigenvalue weighted by atomic mass is 16.5. The van der Waals surface area contributed by atoms with Gasteiger partial charge in [0.2, 0.25) is 0 Å². The van der Waals surface area contributed by atoms with Crippen molar-refractivity contribution in [2.24, 2.45) is 11.3 Å². The van der Waals surface area contributed by atoms with Gasteiger partial charge in [0.15, 0.2) is 0 Å². The highest BCUT2D eigenvalue weighted by molar-refractivity contribution is 5.79. The summed E-state index contributed by atoms with van der Waals surface area (Å²) in [6, 6.07) is 10.5. The molecule has 118 valence electrons. The molecule has 0 amide bonds. The van der Waals surface area contributed by atoms with Crippen LogP contribution >= 0.6 is 0 Å². The number of benzene rings is 1. The van der Waals surface area contributed by atoms with E-state index in [2.05, 4.69) is 30.3 Å². The van der Waals surface area contributed by atoms with E-state index < -0.39 is 0 Å².